The first-order chi connectivity index (χ1) is 10.9. The van der Waals surface area contributed by atoms with Crippen molar-refractivity contribution in [3.05, 3.63) is 79.0 Å². The third-order valence-electron chi connectivity index (χ3n) is 4.35. The molecule has 2 aromatic carbocycles. The summed E-state index contributed by atoms with van der Waals surface area (Å²) >= 11 is 0. The molecule has 2 heteroatoms. The molecule has 3 heterocycles. The van der Waals surface area contributed by atoms with Crippen molar-refractivity contribution in [1.82, 2.24) is 9.38 Å². The number of aromatic nitrogens is 2. The molecular formula is C20H14N2. The van der Waals surface area contributed by atoms with Crippen molar-refractivity contribution < 1.29 is 0 Å². The van der Waals surface area contributed by atoms with Crippen molar-refractivity contribution in [2.45, 2.75) is 0 Å². The van der Waals surface area contributed by atoms with Crippen LogP contribution in [0, 0.1) is 0 Å². The molecule has 22 heavy (non-hydrogen) atoms. The van der Waals surface area contributed by atoms with Gasteiger partial charge in [0.2, 0.25) is 0 Å². The molecule has 0 aliphatic carbocycles. The van der Waals surface area contributed by atoms with Gasteiger partial charge in [0.1, 0.15) is 0 Å². The summed E-state index contributed by atoms with van der Waals surface area (Å²) in [6.45, 7) is 0. The normalized spacial score (nSPS) is 11.6. The molecule has 0 unspecified atom stereocenters. The molecule has 0 fully saturated rings. The second-order valence-corrected chi connectivity index (χ2v) is 5.59. The molecular weight excluding hydrogens is 268 g/mol. The molecule has 3 aromatic heterocycles. The maximum absolute atomic E-state index is 3.61. The largest absolute Gasteiger partial charge is 0.353 e. The van der Waals surface area contributed by atoms with E-state index in [1.165, 1.54) is 38.6 Å². The van der Waals surface area contributed by atoms with Gasteiger partial charge in [-0.2, -0.15) is 0 Å². The third-order valence-corrected chi connectivity index (χ3v) is 4.35. The first-order valence-electron chi connectivity index (χ1n) is 7.48. The van der Waals surface area contributed by atoms with E-state index >= 15 is 0 Å². The summed E-state index contributed by atoms with van der Waals surface area (Å²) in [7, 11) is 0. The molecule has 0 bridgehead atoms. The standard InChI is InChI=1S/C20H14N2/c1-2-8-14(9-3-1)20-19-18(17-12-6-7-13-22(17)20)15-10-4-5-11-16(15)21-19/h1-13,21H. The summed E-state index contributed by atoms with van der Waals surface area (Å²) in [6.07, 6.45) is 2.14. The van der Waals surface area contributed by atoms with Crippen LogP contribution in [0.5, 0.6) is 0 Å². The molecule has 0 saturated heterocycles. The van der Waals surface area contributed by atoms with Gasteiger partial charge in [-0.15, -0.1) is 0 Å². The first kappa shape index (κ1) is 11.6. The van der Waals surface area contributed by atoms with Crippen LogP contribution in [0.1, 0.15) is 0 Å². The molecule has 0 saturated carbocycles. The van der Waals surface area contributed by atoms with Gasteiger partial charge in [-0.1, -0.05) is 54.6 Å². The summed E-state index contributed by atoms with van der Waals surface area (Å²) < 4.78 is 2.28. The van der Waals surface area contributed by atoms with Gasteiger partial charge in [-0.3, -0.25) is 0 Å². The predicted octanol–water partition coefficient (Wildman–Crippen LogP) is 5.24. The maximum Gasteiger partial charge on any atom is 0.0772 e. The first-order valence-corrected chi connectivity index (χ1v) is 7.48. The van der Waals surface area contributed by atoms with E-state index in [1.807, 2.05) is 0 Å². The number of hydrogen-bond acceptors (Lipinski definition) is 0. The minimum absolute atomic E-state index is 1.19. The predicted molar refractivity (Wildman–Crippen MR) is 92.2 cm³/mol. The lowest BCUT2D eigenvalue weighted by atomic mass is 10.1. The Bertz CT molecular complexity index is 1110. The average Bonchev–Trinajstić information content (AvgIpc) is 3.10. The number of H-pyrrole nitrogens is 1. The number of pyridine rings is 1. The van der Waals surface area contributed by atoms with Gasteiger partial charge in [-0.25, -0.2) is 0 Å². The van der Waals surface area contributed by atoms with Crippen LogP contribution in [-0.4, -0.2) is 9.38 Å². The summed E-state index contributed by atoms with van der Waals surface area (Å²) in [6, 6.07) is 25.5. The van der Waals surface area contributed by atoms with Crippen molar-refractivity contribution in [3.63, 3.8) is 0 Å². The number of fused-ring (bicyclic) bond motifs is 5. The lowest BCUT2D eigenvalue weighted by Gasteiger charge is -2.03. The summed E-state index contributed by atoms with van der Waals surface area (Å²) in [4.78, 5) is 3.61. The molecule has 0 atom stereocenters. The second kappa shape index (κ2) is 4.25. The highest BCUT2D eigenvalue weighted by Gasteiger charge is 2.16. The van der Waals surface area contributed by atoms with Crippen LogP contribution in [0.25, 0.3) is 38.6 Å². The summed E-state index contributed by atoms with van der Waals surface area (Å²) in [5.41, 5.74) is 6.09. The molecule has 5 rings (SSSR count). The van der Waals surface area contributed by atoms with E-state index in [4.69, 9.17) is 0 Å². The molecule has 2 nitrogen and oxygen atoms in total. The highest BCUT2D eigenvalue weighted by atomic mass is 14.9. The summed E-state index contributed by atoms with van der Waals surface area (Å²) in [5.74, 6) is 0. The zero-order chi connectivity index (χ0) is 14.5. The van der Waals surface area contributed by atoms with Gasteiger partial charge in [-0.05, 0) is 18.2 Å². The second-order valence-electron chi connectivity index (χ2n) is 5.59. The topological polar surface area (TPSA) is 20.2 Å². The highest BCUT2D eigenvalue weighted by Crippen LogP contribution is 2.38. The van der Waals surface area contributed by atoms with Crippen LogP contribution in [0.2, 0.25) is 0 Å². The van der Waals surface area contributed by atoms with Crippen molar-refractivity contribution in [2.24, 2.45) is 0 Å². The SMILES string of the molecule is c1ccc(-c2c3[nH]c4ccccc4c3c3ccccn23)cc1. The minimum Gasteiger partial charge on any atom is -0.353 e. The monoisotopic (exact) mass is 282 g/mol. The lowest BCUT2D eigenvalue weighted by molar-refractivity contribution is 1.21. The Balaban J connectivity index is 2.07. The van der Waals surface area contributed by atoms with Crippen molar-refractivity contribution >= 4 is 27.3 Å². The van der Waals surface area contributed by atoms with Crippen LogP contribution in [0.15, 0.2) is 79.0 Å². The Kier molecular flexibility index (Phi) is 2.25. The zero-order valence-corrected chi connectivity index (χ0v) is 12.0. The maximum atomic E-state index is 3.61. The minimum atomic E-state index is 1.19. The Morgan fingerprint density at radius 3 is 2.41 bits per heavy atom. The number of aromatic amines is 1. The van der Waals surface area contributed by atoms with E-state index < -0.39 is 0 Å². The molecule has 5 aromatic rings. The van der Waals surface area contributed by atoms with Crippen LogP contribution in [-0.2, 0) is 0 Å². The Labute approximate surface area is 127 Å². The number of rotatable bonds is 1. The van der Waals surface area contributed by atoms with Gasteiger partial charge in [0.15, 0.2) is 0 Å². The average molecular weight is 282 g/mol. The van der Waals surface area contributed by atoms with Crippen LogP contribution < -0.4 is 0 Å². The number of nitrogens with one attached hydrogen (secondary N) is 1. The molecule has 0 aliphatic rings. The number of para-hydroxylation sites is 1. The third kappa shape index (κ3) is 1.44. The van der Waals surface area contributed by atoms with Crippen LogP contribution >= 0.6 is 0 Å². The summed E-state index contributed by atoms with van der Waals surface area (Å²) in [5, 5.41) is 2.58. The van der Waals surface area contributed by atoms with Crippen molar-refractivity contribution in [2.75, 3.05) is 0 Å². The van der Waals surface area contributed by atoms with Crippen LogP contribution in [0.4, 0.5) is 0 Å². The Morgan fingerprint density at radius 1 is 0.727 bits per heavy atom. The van der Waals surface area contributed by atoms with E-state index in [1.54, 1.807) is 0 Å². The van der Waals surface area contributed by atoms with E-state index in [0.29, 0.717) is 0 Å². The smallest absolute Gasteiger partial charge is 0.0772 e. The van der Waals surface area contributed by atoms with Gasteiger partial charge >= 0.3 is 0 Å². The van der Waals surface area contributed by atoms with E-state index in [0.717, 1.165) is 0 Å². The van der Waals surface area contributed by atoms with Crippen LogP contribution in [0.3, 0.4) is 0 Å². The van der Waals surface area contributed by atoms with Gasteiger partial charge in [0.05, 0.1) is 16.7 Å². The van der Waals surface area contributed by atoms with Crippen molar-refractivity contribution in [3.8, 4) is 11.3 Å². The molecule has 1 N–H and O–H groups in total. The van der Waals surface area contributed by atoms with E-state index in [2.05, 4.69) is 88.4 Å². The lowest BCUT2D eigenvalue weighted by Crippen LogP contribution is -1.87. The van der Waals surface area contributed by atoms with Gasteiger partial charge < -0.3 is 9.38 Å². The quantitative estimate of drug-likeness (QED) is 0.434. The van der Waals surface area contributed by atoms with Gasteiger partial charge in [0.25, 0.3) is 0 Å². The Hall–Kier alpha value is -3.00. The van der Waals surface area contributed by atoms with Crippen molar-refractivity contribution in [1.29, 1.82) is 0 Å². The molecule has 104 valence electrons. The van der Waals surface area contributed by atoms with Gasteiger partial charge in [0, 0.05) is 28.0 Å². The van der Waals surface area contributed by atoms with E-state index in [9.17, 15) is 0 Å². The fraction of sp³-hybridized carbons (Fsp3) is 0. The molecule has 0 aliphatic heterocycles. The number of hydrogen-bond donors (Lipinski definition) is 1. The molecule has 0 radical (unpaired) electrons. The Morgan fingerprint density at radius 2 is 1.50 bits per heavy atom. The number of nitrogens with zero attached hydrogens (tertiary/aromatic N) is 1. The van der Waals surface area contributed by atoms with E-state index in [-0.39, 0.29) is 0 Å². The molecule has 0 spiro atoms. The fourth-order valence-electron chi connectivity index (χ4n) is 3.43. The fourth-order valence-corrected chi connectivity index (χ4v) is 3.43. The number of benzene rings is 2. The molecule has 0 amide bonds. The highest BCUT2D eigenvalue weighted by molar-refractivity contribution is 6.19. The zero-order valence-electron chi connectivity index (χ0n) is 12.0.